The maximum Gasteiger partial charge on any atom is 0.362 e. The molecule has 2 rings (SSSR count). The van der Waals surface area contributed by atoms with Crippen molar-refractivity contribution in [2.45, 2.75) is 6.92 Å². The lowest BCUT2D eigenvalue weighted by atomic mass is 10.1. The molecule has 0 heterocycles. The number of hydrogen-bond donors (Lipinski definition) is 1. The zero-order valence-corrected chi connectivity index (χ0v) is 14.7. The highest BCUT2D eigenvalue weighted by atomic mass is 31.2. The van der Waals surface area contributed by atoms with Gasteiger partial charge < -0.3 is 14.4 Å². The van der Waals surface area contributed by atoms with Crippen LogP contribution < -0.4 is 5.32 Å². The lowest BCUT2D eigenvalue weighted by Crippen LogP contribution is -2.17. The van der Waals surface area contributed by atoms with Crippen LogP contribution in [0.2, 0.25) is 0 Å². The Morgan fingerprint density at radius 3 is 2.08 bits per heavy atom. The van der Waals surface area contributed by atoms with Crippen molar-refractivity contribution in [3.63, 3.8) is 0 Å². The molecule has 0 atom stereocenters. The third-order valence-electron chi connectivity index (χ3n) is 3.50. The molecule has 126 valence electrons. The lowest BCUT2D eigenvalue weighted by molar-refractivity contribution is 0.0970. The summed E-state index contributed by atoms with van der Waals surface area (Å²) in [7, 11) is -0.908. The Bertz CT molecular complexity index is 761. The molecule has 5 nitrogen and oxygen atoms in total. The van der Waals surface area contributed by atoms with Gasteiger partial charge in [0, 0.05) is 26.0 Å². The topological polar surface area (TPSA) is 64.6 Å². The standard InChI is InChI=1S/C18H20NO4P/c1-14-9-11-15(12-10-14)17(24(21,22-2)23-3)13-19-18(20)16-7-5-4-6-8-16/h4-13H,1-3H3,(H,19,20). The van der Waals surface area contributed by atoms with E-state index in [1.807, 2.05) is 25.1 Å². The maximum absolute atomic E-state index is 12.8. The second-order valence-electron chi connectivity index (χ2n) is 5.10. The fourth-order valence-corrected chi connectivity index (χ4v) is 3.35. The van der Waals surface area contributed by atoms with E-state index < -0.39 is 7.60 Å². The summed E-state index contributed by atoms with van der Waals surface area (Å²) in [6, 6.07) is 16.1. The molecule has 0 radical (unpaired) electrons. The molecule has 0 aromatic heterocycles. The van der Waals surface area contributed by atoms with Gasteiger partial charge in [-0.3, -0.25) is 9.36 Å². The Labute approximate surface area is 141 Å². The Morgan fingerprint density at radius 1 is 0.958 bits per heavy atom. The van der Waals surface area contributed by atoms with Gasteiger partial charge in [0.25, 0.3) is 5.91 Å². The fraction of sp³-hybridized carbons (Fsp3) is 0.167. The Kier molecular flexibility index (Phi) is 6.10. The van der Waals surface area contributed by atoms with Crippen LogP contribution in [0.15, 0.2) is 60.8 Å². The SMILES string of the molecule is COP(=O)(OC)C(=CNC(=O)c1ccccc1)c1ccc(C)cc1. The van der Waals surface area contributed by atoms with E-state index in [9.17, 15) is 9.36 Å². The molecule has 1 amide bonds. The monoisotopic (exact) mass is 345 g/mol. The normalized spacial score (nSPS) is 12.0. The van der Waals surface area contributed by atoms with E-state index in [2.05, 4.69) is 5.32 Å². The quantitative estimate of drug-likeness (QED) is 0.797. The van der Waals surface area contributed by atoms with Crippen molar-refractivity contribution in [2.75, 3.05) is 14.2 Å². The summed E-state index contributed by atoms with van der Waals surface area (Å²) >= 11 is 0. The number of amides is 1. The van der Waals surface area contributed by atoms with Crippen molar-refractivity contribution >= 4 is 18.8 Å². The molecule has 24 heavy (non-hydrogen) atoms. The molecular formula is C18H20NO4P. The van der Waals surface area contributed by atoms with Crippen molar-refractivity contribution in [2.24, 2.45) is 0 Å². The van der Waals surface area contributed by atoms with E-state index >= 15 is 0 Å². The highest BCUT2D eigenvalue weighted by molar-refractivity contribution is 7.65. The molecule has 0 saturated carbocycles. The van der Waals surface area contributed by atoms with Gasteiger partial charge in [0.15, 0.2) is 0 Å². The van der Waals surface area contributed by atoms with Crippen molar-refractivity contribution in [3.05, 3.63) is 77.5 Å². The van der Waals surface area contributed by atoms with Gasteiger partial charge in [-0.2, -0.15) is 0 Å². The summed E-state index contributed by atoms with van der Waals surface area (Å²) in [5, 5.41) is 2.94. The summed E-state index contributed by atoms with van der Waals surface area (Å²) in [5.74, 6) is -0.307. The van der Waals surface area contributed by atoms with Crippen molar-refractivity contribution in [1.82, 2.24) is 5.32 Å². The molecule has 0 unspecified atom stereocenters. The van der Waals surface area contributed by atoms with E-state index in [4.69, 9.17) is 9.05 Å². The van der Waals surface area contributed by atoms with Gasteiger partial charge >= 0.3 is 7.60 Å². The van der Waals surface area contributed by atoms with Gasteiger partial charge in [-0.15, -0.1) is 0 Å². The molecule has 0 spiro atoms. The molecule has 6 heteroatoms. The molecule has 1 N–H and O–H groups in total. The van der Waals surface area contributed by atoms with Crippen molar-refractivity contribution in [1.29, 1.82) is 0 Å². The molecule has 0 aliphatic rings. The van der Waals surface area contributed by atoms with E-state index in [-0.39, 0.29) is 11.2 Å². The van der Waals surface area contributed by atoms with Crippen LogP contribution in [0.5, 0.6) is 0 Å². The van der Waals surface area contributed by atoms with Crippen LogP contribution in [0.25, 0.3) is 5.31 Å². The average Bonchev–Trinajstić information content (AvgIpc) is 2.63. The van der Waals surface area contributed by atoms with E-state index in [0.29, 0.717) is 11.1 Å². The highest BCUT2D eigenvalue weighted by Gasteiger charge is 2.29. The molecule has 0 bridgehead atoms. The molecule has 2 aromatic carbocycles. The first kappa shape index (κ1) is 18.1. The number of aryl methyl sites for hydroxylation is 1. The minimum atomic E-state index is -3.53. The first-order valence-electron chi connectivity index (χ1n) is 7.35. The smallest absolute Gasteiger partial charge is 0.328 e. The van der Waals surface area contributed by atoms with Gasteiger partial charge in [0.05, 0.1) is 5.31 Å². The number of rotatable bonds is 6. The third-order valence-corrected chi connectivity index (χ3v) is 5.44. The number of carbonyl (C=O) groups excluding carboxylic acids is 1. The summed E-state index contributed by atoms with van der Waals surface area (Å²) in [4.78, 5) is 12.2. The summed E-state index contributed by atoms with van der Waals surface area (Å²) in [6.45, 7) is 1.95. The predicted molar refractivity (Wildman–Crippen MR) is 94.7 cm³/mol. The van der Waals surface area contributed by atoms with Gasteiger partial charge in [-0.05, 0) is 24.6 Å². The third kappa shape index (κ3) is 4.20. The second-order valence-corrected chi connectivity index (χ2v) is 7.30. The van der Waals surface area contributed by atoms with Gasteiger partial charge in [-0.25, -0.2) is 0 Å². The van der Waals surface area contributed by atoms with Crippen molar-refractivity contribution < 1.29 is 18.4 Å². The summed E-state index contributed by atoms with van der Waals surface area (Å²) in [5.41, 5.74) is 2.22. The van der Waals surface area contributed by atoms with Crippen LogP contribution in [-0.2, 0) is 13.6 Å². The number of nitrogens with one attached hydrogen (secondary N) is 1. The molecule has 0 aliphatic carbocycles. The van der Waals surface area contributed by atoms with Crippen LogP contribution in [0.1, 0.15) is 21.5 Å². The average molecular weight is 345 g/mol. The van der Waals surface area contributed by atoms with Gasteiger partial charge in [0.2, 0.25) is 0 Å². The van der Waals surface area contributed by atoms with Crippen LogP contribution in [0.3, 0.4) is 0 Å². The summed E-state index contributed by atoms with van der Waals surface area (Å²) in [6.07, 6.45) is 1.38. The van der Waals surface area contributed by atoms with Crippen LogP contribution >= 0.6 is 7.60 Å². The zero-order valence-electron chi connectivity index (χ0n) is 13.9. The van der Waals surface area contributed by atoms with Crippen LogP contribution in [0, 0.1) is 6.92 Å². The molecular weight excluding hydrogens is 325 g/mol. The highest BCUT2D eigenvalue weighted by Crippen LogP contribution is 2.59. The lowest BCUT2D eigenvalue weighted by Gasteiger charge is -2.18. The minimum absolute atomic E-state index is 0.289. The number of benzene rings is 2. The van der Waals surface area contributed by atoms with E-state index in [1.54, 1.807) is 36.4 Å². The second kappa shape index (κ2) is 8.06. The minimum Gasteiger partial charge on any atom is -0.328 e. The van der Waals surface area contributed by atoms with Crippen LogP contribution in [-0.4, -0.2) is 20.1 Å². The van der Waals surface area contributed by atoms with E-state index in [0.717, 1.165) is 5.56 Å². The number of carbonyl (C=O) groups is 1. The number of hydrogen-bond acceptors (Lipinski definition) is 4. The van der Waals surface area contributed by atoms with Gasteiger partial charge in [0.1, 0.15) is 0 Å². The summed E-state index contributed by atoms with van der Waals surface area (Å²) < 4.78 is 23.0. The van der Waals surface area contributed by atoms with Crippen LogP contribution in [0.4, 0.5) is 0 Å². The molecule has 0 saturated heterocycles. The Morgan fingerprint density at radius 2 is 1.54 bits per heavy atom. The fourth-order valence-electron chi connectivity index (χ4n) is 2.12. The molecule has 0 aliphatic heterocycles. The Balaban J connectivity index is 2.37. The molecule has 0 fully saturated rings. The van der Waals surface area contributed by atoms with Gasteiger partial charge in [-0.1, -0.05) is 48.0 Å². The first-order chi connectivity index (χ1) is 11.5. The molecule has 2 aromatic rings. The van der Waals surface area contributed by atoms with Crippen molar-refractivity contribution in [3.8, 4) is 0 Å². The first-order valence-corrected chi connectivity index (χ1v) is 8.89. The maximum atomic E-state index is 12.8. The predicted octanol–water partition coefficient (Wildman–Crippen LogP) is 4.21. The Hall–Kier alpha value is -2.20. The largest absolute Gasteiger partial charge is 0.362 e. The van der Waals surface area contributed by atoms with E-state index in [1.165, 1.54) is 20.4 Å². The zero-order chi connectivity index (χ0) is 17.6.